The van der Waals surface area contributed by atoms with Crippen LogP contribution in [0.5, 0.6) is 0 Å². The van der Waals surface area contributed by atoms with Crippen LogP contribution >= 0.6 is 0 Å². The number of hydrogen-bond acceptors (Lipinski definition) is 2. The molecule has 2 heteroatoms. The highest BCUT2D eigenvalue weighted by Crippen LogP contribution is 2.46. The van der Waals surface area contributed by atoms with Crippen LogP contribution in [0, 0.1) is 5.41 Å². The van der Waals surface area contributed by atoms with Crippen molar-refractivity contribution in [1.82, 2.24) is 10.2 Å². The van der Waals surface area contributed by atoms with Crippen LogP contribution in [0.1, 0.15) is 65.2 Å². The number of rotatable bonds is 6. The first kappa shape index (κ1) is 14.3. The average molecular weight is 252 g/mol. The third-order valence-corrected chi connectivity index (χ3v) is 5.19. The van der Waals surface area contributed by atoms with Crippen LogP contribution < -0.4 is 5.32 Å². The highest BCUT2D eigenvalue weighted by Gasteiger charge is 2.36. The SMILES string of the molecule is CCCC(CN1CCC2(CCCC2)CC1)NCC. The molecule has 2 fully saturated rings. The fourth-order valence-electron chi connectivity index (χ4n) is 4.04. The molecule has 106 valence electrons. The Morgan fingerprint density at radius 3 is 2.28 bits per heavy atom. The number of piperidine rings is 1. The summed E-state index contributed by atoms with van der Waals surface area (Å²) in [5.74, 6) is 0. The van der Waals surface area contributed by atoms with Gasteiger partial charge in [-0.05, 0) is 57.2 Å². The highest BCUT2D eigenvalue weighted by atomic mass is 15.2. The van der Waals surface area contributed by atoms with Crippen molar-refractivity contribution >= 4 is 0 Å². The van der Waals surface area contributed by atoms with E-state index >= 15 is 0 Å². The lowest BCUT2D eigenvalue weighted by atomic mass is 9.77. The molecule has 0 aromatic rings. The van der Waals surface area contributed by atoms with Gasteiger partial charge in [0.25, 0.3) is 0 Å². The topological polar surface area (TPSA) is 15.3 Å². The van der Waals surface area contributed by atoms with Gasteiger partial charge in [0.2, 0.25) is 0 Å². The number of nitrogens with zero attached hydrogens (tertiary/aromatic N) is 1. The standard InChI is InChI=1S/C16H32N2/c1-3-7-15(17-4-2)14-18-12-10-16(11-13-18)8-5-6-9-16/h15,17H,3-14H2,1-2H3. The molecule has 2 nitrogen and oxygen atoms in total. The lowest BCUT2D eigenvalue weighted by Crippen LogP contribution is -2.46. The third kappa shape index (κ3) is 3.71. The number of nitrogens with one attached hydrogen (secondary N) is 1. The van der Waals surface area contributed by atoms with Crippen LogP contribution in [-0.4, -0.2) is 37.1 Å². The van der Waals surface area contributed by atoms with Crippen LogP contribution in [0.2, 0.25) is 0 Å². The first-order valence-electron chi connectivity index (χ1n) is 8.24. The van der Waals surface area contributed by atoms with Crippen molar-refractivity contribution in [2.75, 3.05) is 26.2 Å². The fraction of sp³-hybridized carbons (Fsp3) is 1.00. The Morgan fingerprint density at radius 2 is 1.72 bits per heavy atom. The molecule has 18 heavy (non-hydrogen) atoms. The Morgan fingerprint density at radius 1 is 1.06 bits per heavy atom. The molecule has 1 heterocycles. The lowest BCUT2D eigenvalue weighted by Gasteiger charge is -2.40. The number of likely N-dealkylation sites (N-methyl/N-ethyl adjacent to an activating group) is 1. The van der Waals surface area contributed by atoms with Crippen LogP contribution in [0.15, 0.2) is 0 Å². The summed E-state index contributed by atoms with van der Waals surface area (Å²) in [6.45, 7) is 9.62. The first-order chi connectivity index (χ1) is 8.78. The van der Waals surface area contributed by atoms with Crippen molar-refractivity contribution < 1.29 is 0 Å². The minimum Gasteiger partial charge on any atom is -0.313 e. The van der Waals surface area contributed by atoms with E-state index < -0.39 is 0 Å². The molecule has 0 amide bonds. The van der Waals surface area contributed by atoms with Crippen molar-refractivity contribution in [1.29, 1.82) is 0 Å². The van der Waals surface area contributed by atoms with Crippen LogP contribution in [-0.2, 0) is 0 Å². The predicted molar refractivity (Wildman–Crippen MR) is 78.9 cm³/mol. The van der Waals surface area contributed by atoms with Crippen molar-refractivity contribution in [3.05, 3.63) is 0 Å². The quantitative estimate of drug-likeness (QED) is 0.779. The Labute approximate surface area is 114 Å². The molecule has 0 bridgehead atoms. The minimum atomic E-state index is 0.720. The molecule has 1 unspecified atom stereocenters. The van der Waals surface area contributed by atoms with Gasteiger partial charge in [0, 0.05) is 12.6 Å². The molecule has 0 aromatic heterocycles. The predicted octanol–water partition coefficient (Wildman–Crippen LogP) is 3.42. The molecule has 2 rings (SSSR count). The van der Waals surface area contributed by atoms with Crippen LogP contribution in [0.4, 0.5) is 0 Å². The molecule has 1 saturated heterocycles. The zero-order valence-corrected chi connectivity index (χ0v) is 12.5. The van der Waals surface area contributed by atoms with Gasteiger partial charge in [-0.3, -0.25) is 0 Å². The van der Waals surface area contributed by atoms with E-state index in [0.717, 1.165) is 18.0 Å². The number of likely N-dealkylation sites (tertiary alicyclic amines) is 1. The van der Waals surface area contributed by atoms with E-state index in [-0.39, 0.29) is 0 Å². The van der Waals surface area contributed by atoms with Gasteiger partial charge in [-0.2, -0.15) is 0 Å². The smallest absolute Gasteiger partial charge is 0.0194 e. The van der Waals surface area contributed by atoms with Crippen molar-refractivity contribution in [3.8, 4) is 0 Å². The molecule has 0 aromatic carbocycles. The Hall–Kier alpha value is -0.0800. The summed E-state index contributed by atoms with van der Waals surface area (Å²) in [4.78, 5) is 2.71. The van der Waals surface area contributed by atoms with Gasteiger partial charge >= 0.3 is 0 Å². The van der Waals surface area contributed by atoms with Gasteiger partial charge in [0.05, 0.1) is 0 Å². The molecule has 1 aliphatic heterocycles. The van der Waals surface area contributed by atoms with Gasteiger partial charge in [-0.15, -0.1) is 0 Å². The van der Waals surface area contributed by atoms with Gasteiger partial charge in [0.15, 0.2) is 0 Å². The normalized spacial score (nSPS) is 25.7. The summed E-state index contributed by atoms with van der Waals surface area (Å²) in [5.41, 5.74) is 0.773. The Kier molecular flexibility index (Phi) is 5.50. The van der Waals surface area contributed by atoms with E-state index in [1.807, 2.05) is 0 Å². The van der Waals surface area contributed by atoms with Crippen molar-refractivity contribution in [3.63, 3.8) is 0 Å². The van der Waals surface area contributed by atoms with Crippen LogP contribution in [0.25, 0.3) is 0 Å². The first-order valence-corrected chi connectivity index (χ1v) is 8.24. The molecule has 2 aliphatic rings. The summed E-state index contributed by atoms with van der Waals surface area (Å²) in [5, 5.41) is 3.65. The monoisotopic (exact) mass is 252 g/mol. The highest BCUT2D eigenvalue weighted by molar-refractivity contribution is 4.90. The third-order valence-electron chi connectivity index (χ3n) is 5.19. The maximum atomic E-state index is 3.65. The molecule has 0 radical (unpaired) electrons. The summed E-state index contributed by atoms with van der Waals surface area (Å²) < 4.78 is 0. The van der Waals surface area contributed by atoms with E-state index in [9.17, 15) is 0 Å². The molecule has 1 saturated carbocycles. The molecular formula is C16H32N2. The number of hydrogen-bond donors (Lipinski definition) is 1. The zero-order chi connectivity index (χ0) is 12.8. The molecule has 1 spiro atoms. The van der Waals surface area contributed by atoms with E-state index in [4.69, 9.17) is 0 Å². The largest absolute Gasteiger partial charge is 0.313 e. The molecule has 1 N–H and O–H groups in total. The zero-order valence-electron chi connectivity index (χ0n) is 12.5. The van der Waals surface area contributed by atoms with E-state index in [1.54, 1.807) is 0 Å². The fourth-order valence-corrected chi connectivity index (χ4v) is 4.04. The maximum absolute atomic E-state index is 3.65. The maximum Gasteiger partial charge on any atom is 0.0194 e. The van der Waals surface area contributed by atoms with Gasteiger partial charge in [0.1, 0.15) is 0 Å². The van der Waals surface area contributed by atoms with E-state index in [1.165, 1.54) is 71.0 Å². The Bertz CT molecular complexity index is 217. The van der Waals surface area contributed by atoms with Crippen LogP contribution in [0.3, 0.4) is 0 Å². The molecular weight excluding hydrogens is 220 g/mol. The molecule has 1 aliphatic carbocycles. The molecule has 1 atom stereocenters. The van der Waals surface area contributed by atoms with Crippen molar-refractivity contribution in [2.45, 2.75) is 71.3 Å². The van der Waals surface area contributed by atoms with Gasteiger partial charge in [-0.1, -0.05) is 33.1 Å². The average Bonchev–Trinajstić information content (AvgIpc) is 2.82. The second-order valence-electron chi connectivity index (χ2n) is 6.55. The van der Waals surface area contributed by atoms with Gasteiger partial charge < -0.3 is 10.2 Å². The van der Waals surface area contributed by atoms with E-state index in [0.29, 0.717) is 0 Å². The van der Waals surface area contributed by atoms with E-state index in [2.05, 4.69) is 24.1 Å². The lowest BCUT2D eigenvalue weighted by molar-refractivity contribution is 0.0995. The summed E-state index contributed by atoms with van der Waals surface area (Å²) in [6, 6.07) is 0.720. The van der Waals surface area contributed by atoms with Crippen molar-refractivity contribution in [2.24, 2.45) is 5.41 Å². The Balaban J connectivity index is 1.74. The second-order valence-corrected chi connectivity index (χ2v) is 6.55. The second kappa shape index (κ2) is 6.91. The summed E-state index contributed by atoms with van der Waals surface area (Å²) >= 11 is 0. The summed E-state index contributed by atoms with van der Waals surface area (Å²) in [7, 11) is 0. The minimum absolute atomic E-state index is 0.720. The summed E-state index contributed by atoms with van der Waals surface area (Å²) in [6.07, 6.45) is 11.6. The van der Waals surface area contributed by atoms with Gasteiger partial charge in [-0.25, -0.2) is 0 Å².